The third-order valence-electron chi connectivity index (χ3n) is 6.30. The number of rotatable bonds is 9. The fourth-order valence-electron chi connectivity index (χ4n) is 4.61. The zero-order chi connectivity index (χ0) is 23.1. The molecule has 0 aliphatic carbocycles. The largest absolute Gasteiger partial charge is 0.463 e. The summed E-state index contributed by atoms with van der Waals surface area (Å²) < 4.78 is 5.71. The lowest BCUT2D eigenvalue weighted by Crippen LogP contribution is -2.62. The molecular weight excluding hydrogens is 406 g/mol. The molecule has 2 fully saturated rings. The molecule has 32 heavy (non-hydrogen) atoms. The predicted molar refractivity (Wildman–Crippen MR) is 123 cm³/mol. The first kappa shape index (κ1) is 24.4. The summed E-state index contributed by atoms with van der Waals surface area (Å²) in [5.41, 5.74) is 0. The van der Waals surface area contributed by atoms with Crippen molar-refractivity contribution in [3.63, 3.8) is 0 Å². The van der Waals surface area contributed by atoms with E-state index in [0.29, 0.717) is 56.4 Å². The Hall–Kier alpha value is -2.22. The Morgan fingerprint density at radius 3 is 2.44 bits per heavy atom. The molecule has 1 aromatic heterocycles. The number of nitrogens with zero attached hydrogens (tertiary/aromatic N) is 4. The van der Waals surface area contributed by atoms with Crippen LogP contribution in [0.1, 0.15) is 53.4 Å². The second-order valence-corrected chi connectivity index (χ2v) is 9.92. The fourth-order valence-corrected chi connectivity index (χ4v) is 4.61. The van der Waals surface area contributed by atoms with Gasteiger partial charge < -0.3 is 19.9 Å². The van der Waals surface area contributed by atoms with Gasteiger partial charge in [0.15, 0.2) is 0 Å². The summed E-state index contributed by atoms with van der Waals surface area (Å²) in [6, 6.07) is 1.61. The molecular formula is C24H39N5O3. The molecule has 0 spiro atoms. The Bertz CT molecular complexity index is 734. The van der Waals surface area contributed by atoms with E-state index < -0.39 is 0 Å². The first-order chi connectivity index (χ1) is 15.3. The average Bonchev–Trinajstić information content (AvgIpc) is 2.78. The molecule has 2 aliphatic heterocycles. The highest BCUT2D eigenvalue weighted by Crippen LogP contribution is 2.23. The van der Waals surface area contributed by atoms with E-state index in [2.05, 4.69) is 43.0 Å². The standard InChI is InChI=1S/C24H39N5O3/c1-17(2)14-20-22(30)29(13-10-25-20)21(15-18(3)4)23(31)28-11-6-19(7-12-28)16-32-24-26-8-5-9-27-24/h5,8-9,17-21,25H,6-7,10-16H2,1-4H3/t20-,21?/m0/s1. The monoisotopic (exact) mass is 445 g/mol. The van der Waals surface area contributed by atoms with Gasteiger partial charge in [-0.15, -0.1) is 0 Å². The molecule has 0 saturated carbocycles. The van der Waals surface area contributed by atoms with Crippen LogP contribution < -0.4 is 10.1 Å². The molecule has 1 unspecified atom stereocenters. The summed E-state index contributed by atoms with van der Waals surface area (Å²) in [7, 11) is 0. The number of likely N-dealkylation sites (tertiary alicyclic amines) is 1. The Morgan fingerprint density at radius 2 is 1.81 bits per heavy atom. The maximum Gasteiger partial charge on any atom is 0.316 e. The molecule has 1 aromatic rings. The zero-order valence-electron chi connectivity index (χ0n) is 20.0. The topological polar surface area (TPSA) is 87.7 Å². The van der Waals surface area contributed by atoms with E-state index in [9.17, 15) is 9.59 Å². The molecule has 1 N–H and O–H groups in total. The molecule has 3 rings (SSSR count). The van der Waals surface area contributed by atoms with E-state index in [1.54, 1.807) is 18.5 Å². The second kappa shape index (κ2) is 11.6. The van der Waals surface area contributed by atoms with E-state index in [4.69, 9.17) is 4.74 Å². The van der Waals surface area contributed by atoms with Gasteiger partial charge in [-0.3, -0.25) is 9.59 Å². The van der Waals surface area contributed by atoms with E-state index in [-0.39, 0.29) is 23.9 Å². The van der Waals surface area contributed by atoms with Gasteiger partial charge in [-0.25, -0.2) is 9.97 Å². The lowest BCUT2D eigenvalue weighted by Gasteiger charge is -2.42. The number of ether oxygens (including phenoxy) is 1. The van der Waals surface area contributed by atoms with Crippen LogP contribution in [-0.2, 0) is 9.59 Å². The molecule has 0 aromatic carbocycles. The summed E-state index contributed by atoms with van der Waals surface area (Å²) >= 11 is 0. The predicted octanol–water partition coefficient (Wildman–Crippen LogP) is 2.36. The van der Waals surface area contributed by atoms with Crippen LogP contribution in [-0.4, -0.2) is 76.5 Å². The van der Waals surface area contributed by atoms with Gasteiger partial charge in [0.25, 0.3) is 0 Å². The van der Waals surface area contributed by atoms with Crippen LogP contribution in [0.4, 0.5) is 0 Å². The highest BCUT2D eigenvalue weighted by Gasteiger charge is 2.39. The number of carbonyl (C=O) groups excluding carboxylic acids is 2. The van der Waals surface area contributed by atoms with Crippen molar-refractivity contribution >= 4 is 11.8 Å². The van der Waals surface area contributed by atoms with E-state index in [0.717, 1.165) is 25.8 Å². The Balaban J connectivity index is 1.58. The minimum atomic E-state index is -0.371. The number of nitrogens with one attached hydrogen (secondary N) is 1. The van der Waals surface area contributed by atoms with Crippen LogP contribution >= 0.6 is 0 Å². The summed E-state index contributed by atoms with van der Waals surface area (Å²) in [5, 5.41) is 3.35. The van der Waals surface area contributed by atoms with E-state index in [1.165, 1.54) is 0 Å². The molecule has 2 amide bonds. The molecule has 3 heterocycles. The Labute approximate surface area is 192 Å². The molecule has 2 aliphatic rings. The van der Waals surface area contributed by atoms with Crippen molar-refractivity contribution < 1.29 is 14.3 Å². The highest BCUT2D eigenvalue weighted by molar-refractivity contribution is 5.90. The highest BCUT2D eigenvalue weighted by atomic mass is 16.5. The van der Waals surface area contributed by atoms with Crippen LogP contribution in [0.5, 0.6) is 6.01 Å². The third kappa shape index (κ3) is 6.64. The number of hydrogen-bond acceptors (Lipinski definition) is 6. The van der Waals surface area contributed by atoms with Crippen molar-refractivity contribution in [3.8, 4) is 6.01 Å². The van der Waals surface area contributed by atoms with Crippen LogP contribution in [0.25, 0.3) is 0 Å². The minimum absolute atomic E-state index is 0.0788. The normalized spacial score (nSPS) is 21.3. The lowest BCUT2D eigenvalue weighted by molar-refractivity contribution is -0.150. The maximum atomic E-state index is 13.6. The van der Waals surface area contributed by atoms with Crippen LogP contribution in [0.3, 0.4) is 0 Å². The fraction of sp³-hybridized carbons (Fsp3) is 0.750. The van der Waals surface area contributed by atoms with Gasteiger partial charge in [0, 0.05) is 38.6 Å². The average molecular weight is 446 g/mol. The molecule has 178 valence electrons. The van der Waals surface area contributed by atoms with Crippen molar-refractivity contribution in [3.05, 3.63) is 18.5 Å². The maximum absolute atomic E-state index is 13.6. The molecule has 0 bridgehead atoms. The Morgan fingerprint density at radius 1 is 1.12 bits per heavy atom. The molecule has 8 heteroatoms. The van der Waals surface area contributed by atoms with E-state index in [1.807, 2.05) is 9.80 Å². The smallest absolute Gasteiger partial charge is 0.316 e. The zero-order valence-corrected chi connectivity index (χ0v) is 20.0. The lowest BCUT2D eigenvalue weighted by atomic mass is 9.94. The number of piperazine rings is 1. The van der Waals surface area contributed by atoms with Gasteiger partial charge in [-0.05, 0) is 49.5 Å². The SMILES string of the molecule is CC(C)CC(C(=O)N1CCC(COc2ncccn2)CC1)N1CCN[C@@H](CC(C)C)C1=O. The second-order valence-electron chi connectivity index (χ2n) is 9.92. The van der Waals surface area contributed by atoms with Crippen molar-refractivity contribution in [2.24, 2.45) is 17.8 Å². The molecule has 2 atom stereocenters. The van der Waals surface area contributed by atoms with Gasteiger partial charge in [-0.1, -0.05) is 27.7 Å². The summed E-state index contributed by atoms with van der Waals surface area (Å²) in [5.74, 6) is 1.32. The minimum Gasteiger partial charge on any atom is -0.463 e. The van der Waals surface area contributed by atoms with Gasteiger partial charge in [0.1, 0.15) is 6.04 Å². The quantitative estimate of drug-likeness (QED) is 0.628. The number of piperidine rings is 1. The van der Waals surface area contributed by atoms with E-state index >= 15 is 0 Å². The van der Waals surface area contributed by atoms with Gasteiger partial charge in [-0.2, -0.15) is 0 Å². The third-order valence-corrected chi connectivity index (χ3v) is 6.30. The number of carbonyl (C=O) groups is 2. The summed E-state index contributed by atoms with van der Waals surface area (Å²) in [4.78, 5) is 38.8. The van der Waals surface area contributed by atoms with Crippen molar-refractivity contribution in [1.82, 2.24) is 25.1 Å². The summed E-state index contributed by atoms with van der Waals surface area (Å²) in [6.07, 6.45) is 6.61. The van der Waals surface area contributed by atoms with Crippen molar-refractivity contribution in [2.45, 2.75) is 65.5 Å². The summed E-state index contributed by atoms with van der Waals surface area (Å²) in [6.45, 7) is 11.8. The first-order valence-corrected chi connectivity index (χ1v) is 12.1. The van der Waals surface area contributed by atoms with Crippen LogP contribution in [0.2, 0.25) is 0 Å². The first-order valence-electron chi connectivity index (χ1n) is 12.1. The van der Waals surface area contributed by atoms with Crippen molar-refractivity contribution in [1.29, 1.82) is 0 Å². The molecule has 0 radical (unpaired) electrons. The van der Waals surface area contributed by atoms with Crippen molar-refractivity contribution in [2.75, 3.05) is 32.8 Å². The van der Waals surface area contributed by atoms with Crippen LogP contribution in [0.15, 0.2) is 18.5 Å². The van der Waals surface area contributed by atoms with Crippen LogP contribution in [0, 0.1) is 17.8 Å². The van der Waals surface area contributed by atoms with Gasteiger partial charge in [0.2, 0.25) is 11.8 Å². The Kier molecular flexibility index (Phi) is 8.84. The number of amides is 2. The van der Waals surface area contributed by atoms with Gasteiger partial charge in [0.05, 0.1) is 12.6 Å². The number of aromatic nitrogens is 2. The number of hydrogen-bond donors (Lipinski definition) is 1. The molecule has 2 saturated heterocycles. The molecule has 8 nitrogen and oxygen atoms in total. The van der Waals surface area contributed by atoms with Gasteiger partial charge >= 0.3 is 6.01 Å².